The van der Waals surface area contributed by atoms with Crippen molar-refractivity contribution in [3.63, 3.8) is 0 Å². The van der Waals surface area contributed by atoms with Crippen LogP contribution < -0.4 is 4.90 Å². The van der Waals surface area contributed by atoms with Gasteiger partial charge in [-0.2, -0.15) is 0 Å². The number of benzene rings is 1. The zero-order chi connectivity index (χ0) is 17.1. The van der Waals surface area contributed by atoms with E-state index in [1.807, 2.05) is 32.9 Å². The Balaban J connectivity index is 0.000000924. The van der Waals surface area contributed by atoms with Gasteiger partial charge in [0.05, 0.1) is 23.4 Å². The first-order valence-electron chi connectivity index (χ1n) is 8.16. The van der Waals surface area contributed by atoms with E-state index in [1.54, 1.807) is 12.1 Å². The number of carbonyl (C=O) groups is 3. The third-order valence-corrected chi connectivity index (χ3v) is 4.57. The fourth-order valence-electron chi connectivity index (χ4n) is 3.35. The number of carboxylic acids is 1. The van der Waals surface area contributed by atoms with Crippen molar-refractivity contribution in [3.05, 3.63) is 29.8 Å². The highest BCUT2D eigenvalue weighted by Gasteiger charge is 2.51. The first-order valence-corrected chi connectivity index (χ1v) is 8.16. The van der Waals surface area contributed by atoms with Crippen molar-refractivity contribution in [1.29, 1.82) is 0 Å². The summed E-state index contributed by atoms with van der Waals surface area (Å²) in [6, 6.07) is 7.24. The van der Waals surface area contributed by atoms with Crippen LogP contribution >= 0.6 is 0 Å². The zero-order valence-electron chi connectivity index (χ0n) is 13.8. The first-order chi connectivity index (χ1) is 11.0. The number of hydrogen-bond donors (Lipinski definition) is 1. The molecule has 1 N–H and O–H groups in total. The largest absolute Gasteiger partial charge is 0.481 e. The Bertz CT molecular complexity index is 608. The van der Waals surface area contributed by atoms with Crippen LogP contribution in [0.4, 0.5) is 5.69 Å². The Labute approximate surface area is 136 Å². The number of aliphatic carboxylic acids is 1. The summed E-state index contributed by atoms with van der Waals surface area (Å²) >= 11 is 0. The zero-order valence-corrected chi connectivity index (χ0v) is 13.8. The van der Waals surface area contributed by atoms with E-state index in [0.717, 1.165) is 5.56 Å². The van der Waals surface area contributed by atoms with Crippen molar-refractivity contribution >= 4 is 23.5 Å². The Morgan fingerprint density at radius 1 is 1.04 bits per heavy atom. The van der Waals surface area contributed by atoms with Crippen molar-refractivity contribution in [2.75, 3.05) is 4.90 Å². The summed E-state index contributed by atoms with van der Waals surface area (Å²) in [5, 5.41) is 9.11. The van der Waals surface area contributed by atoms with Crippen molar-refractivity contribution in [3.8, 4) is 0 Å². The normalized spacial score (nSPS) is 26.4. The number of nitrogens with zero attached hydrogens (tertiary/aromatic N) is 1. The summed E-state index contributed by atoms with van der Waals surface area (Å²) in [6.07, 6.45) is 1.22. The van der Waals surface area contributed by atoms with Crippen LogP contribution in [0.1, 0.15) is 38.7 Å². The summed E-state index contributed by atoms with van der Waals surface area (Å²) in [7, 11) is 0. The van der Waals surface area contributed by atoms with Crippen LogP contribution in [-0.2, 0) is 14.4 Å². The lowest BCUT2D eigenvalue weighted by Gasteiger charge is -2.25. The van der Waals surface area contributed by atoms with Crippen molar-refractivity contribution < 1.29 is 19.5 Å². The topological polar surface area (TPSA) is 74.7 Å². The van der Waals surface area contributed by atoms with E-state index in [2.05, 4.69) is 0 Å². The number of amides is 2. The molecule has 0 aromatic heterocycles. The minimum atomic E-state index is -0.873. The van der Waals surface area contributed by atoms with Crippen LogP contribution in [0.3, 0.4) is 0 Å². The van der Waals surface area contributed by atoms with Crippen LogP contribution in [0.5, 0.6) is 0 Å². The number of fused-ring (bicyclic) bond motifs is 1. The van der Waals surface area contributed by atoms with Gasteiger partial charge in [-0.05, 0) is 38.3 Å². The van der Waals surface area contributed by atoms with E-state index in [4.69, 9.17) is 5.11 Å². The highest BCUT2D eigenvalue weighted by atomic mass is 16.4. The number of aryl methyl sites for hydroxylation is 1. The molecule has 5 nitrogen and oxygen atoms in total. The van der Waals surface area contributed by atoms with E-state index in [0.29, 0.717) is 18.5 Å². The maximum atomic E-state index is 12.5. The number of imide groups is 1. The summed E-state index contributed by atoms with van der Waals surface area (Å²) < 4.78 is 0. The SMILES string of the molecule is CC.Cc1ccc(N2C(=O)C3CCC(C(=O)O)CC3C2=O)cc1. The molecule has 1 heterocycles. The number of carboxylic acid groups (broad SMARTS) is 1. The lowest BCUT2D eigenvalue weighted by molar-refractivity contribution is -0.144. The third kappa shape index (κ3) is 3.14. The summed E-state index contributed by atoms with van der Waals surface area (Å²) in [6.45, 7) is 5.94. The molecule has 1 aromatic rings. The van der Waals surface area contributed by atoms with Crippen LogP contribution in [0.2, 0.25) is 0 Å². The first kappa shape index (κ1) is 17.2. The Kier molecular flexibility index (Phi) is 5.19. The molecule has 3 rings (SSSR count). The average Bonchev–Trinajstić information content (AvgIpc) is 2.81. The minimum absolute atomic E-state index is 0.183. The monoisotopic (exact) mass is 317 g/mol. The second kappa shape index (κ2) is 6.94. The van der Waals surface area contributed by atoms with Gasteiger partial charge in [0, 0.05) is 0 Å². The molecule has 0 spiro atoms. The molecule has 2 fully saturated rings. The second-order valence-electron chi connectivity index (χ2n) is 5.91. The summed E-state index contributed by atoms with van der Waals surface area (Å²) in [5.41, 5.74) is 1.64. The molecule has 1 aliphatic heterocycles. The quantitative estimate of drug-likeness (QED) is 0.851. The minimum Gasteiger partial charge on any atom is -0.481 e. The molecule has 2 aliphatic rings. The lowest BCUT2D eigenvalue weighted by Crippen LogP contribution is -2.31. The van der Waals surface area contributed by atoms with Gasteiger partial charge in [0.25, 0.3) is 0 Å². The number of rotatable bonds is 2. The van der Waals surface area contributed by atoms with Crippen LogP contribution in [0.15, 0.2) is 24.3 Å². The van der Waals surface area contributed by atoms with Gasteiger partial charge >= 0.3 is 5.97 Å². The van der Waals surface area contributed by atoms with Crippen LogP contribution in [0.25, 0.3) is 0 Å². The molecule has 3 atom stereocenters. The van der Waals surface area contributed by atoms with Crippen LogP contribution in [-0.4, -0.2) is 22.9 Å². The molecule has 2 amide bonds. The Hall–Kier alpha value is -2.17. The van der Waals surface area contributed by atoms with Gasteiger partial charge in [-0.3, -0.25) is 19.3 Å². The fourth-order valence-corrected chi connectivity index (χ4v) is 3.35. The highest BCUT2D eigenvalue weighted by molar-refractivity contribution is 6.22. The maximum absolute atomic E-state index is 12.5. The number of hydrogen-bond acceptors (Lipinski definition) is 3. The van der Waals surface area contributed by atoms with Crippen molar-refractivity contribution in [1.82, 2.24) is 0 Å². The van der Waals surface area contributed by atoms with Gasteiger partial charge in [-0.1, -0.05) is 31.5 Å². The van der Waals surface area contributed by atoms with Crippen LogP contribution in [0, 0.1) is 24.7 Å². The molecular weight excluding hydrogens is 294 g/mol. The highest BCUT2D eigenvalue weighted by Crippen LogP contribution is 2.42. The molecule has 0 bridgehead atoms. The molecular formula is C18H23NO4. The molecule has 1 saturated heterocycles. The van der Waals surface area contributed by atoms with E-state index < -0.39 is 17.8 Å². The molecule has 3 unspecified atom stereocenters. The fraction of sp³-hybridized carbons (Fsp3) is 0.500. The molecule has 0 radical (unpaired) electrons. The van der Waals surface area contributed by atoms with Gasteiger partial charge in [-0.15, -0.1) is 0 Å². The smallest absolute Gasteiger partial charge is 0.306 e. The third-order valence-electron chi connectivity index (χ3n) is 4.57. The van der Waals surface area contributed by atoms with E-state index >= 15 is 0 Å². The Morgan fingerprint density at radius 3 is 2.17 bits per heavy atom. The maximum Gasteiger partial charge on any atom is 0.306 e. The summed E-state index contributed by atoms with van der Waals surface area (Å²) in [5.74, 6) is -2.65. The molecule has 1 saturated carbocycles. The van der Waals surface area contributed by atoms with Gasteiger partial charge in [0.15, 0.2) is 0 Å². The molecule has 1 aliphatic carbocycles. The number of carbonyl (C=O) groups excluding carboxylic acids is 2. The van der Waals surface area contributed by atoms with E-state index in [-0.39, 0.29) is 24.2 Å². The van der Waals surface area contributed by atoms with Crippen molar-refractivity contribution in [2.45, 2.75) is 40.0 Å². The summed E-state index contributed by atoms with van der Waals surface area (Å²) in [4.78, 5) is 37.3. The second-order valence-corrected chi connectivity index (χ2v) is 5.91. The molecule has 1 aromatic carbocycles. The van der Waals surface area contributed by atoms with Gasteiger partial charge in [-0.25, -0.2) is 0 Å². The van der Waals surface area contributed by atoms with Gasteiger partial charge < -0.3 is 5.11 Å². The standard InChI is InChI=1S/C16H17NO4.C2H6/c1-9-2-5-11(6-3-9)17-14(18)12-7-4-10(16(20)21)8-13(12)15(17)19;1-2/h2-3,5-6,10,12-13H,4,7-8H2,1H3,(H,20,21);1-2H3. The average molecular weight is 317 g/mol. The molecule has 23 heavy (non-hydrogen) atoms. The Morgan fingerprint density at radius 2 is 1.61 bits per heavy atom. The molecule has 124 valence electrons. The van der Waals surface area contributed by atoms with Gasteiger partial charge in [0.1, 0.15) is 0 Å². The predicted molar refractivity (Wildman–Crippen MR) is 87.0 cm³/mol. The van der Waals surface area contributed by atoms with Crippen molar-refractivity contribution in [2.24, 2.45) is 17.8 Å². The van der Waals surface area contributed by atoms with E-state index in [1.165, 1.54) is 4.90 Å². The van der Waals surface area contributed by atoms with Gasteiger partial charge in [0.2, 0.25) is 11.8 Å². The number of anilines is 1. The molecule has 5 heteroatoms. The predicted octanol–water partition coefficient (Wildman–Crippen LogP) is 3.01. The van der Waals surface area contributed by atoms with E-state index in [9.17, 15) is 14.4 Å². The lowest BCUT2D eigenvalue weighted by atomic mass is 9.75.